The molecule has 136 valence electrons. The predicted octanol–water partition coefficient (Wildman–Crippen LogP) is 2.05. The zero-order chi connectivity index (χ0) is 19.1. The van der Waals surface area contributed by atoms with Crippen LogP contribution in [0.15, 0.2) is 73.3 Å². The molecule has 0 saturated heterocycles. The highest BCUT2D eigenvalue weighted by Crippen LogP contribution is 2.14. The molecule has 7 heteroatoms. The molecule has 0 fully saturated rings. The van der Waals surface area contributed by atoms with Gasteiger partial charge in [0, 0.05) is 42.6 Å². The van der Waals surface area contributed by atoms with Crippen molar-refractivity contribution in [1.29, 1.82) is 0 Å². The van der Waals surface area contributed by atoms with Crippen molar-refractivity contribution in [2.75, 3.05) is 5.32 Å². The third-order valence-corrected chi connectivity index (χ3v) is 3.97. The lowest BCUT2D eigenvalue weighted by Gasteiger charge is -2.13. The summed E-state index contributed by atoms with van der Waals surface area (Å²) in [5.41, 5.74) is 8.72. The van der Waals surface area contributed by atoms with Gasteiger partial charge in [0.1, 0.15) is 6.04 Å². The molecule has 0 spiro atoms. The molecule has 0 bridgehead atoms. The molecular formula is C20H19N5O2. The van der Waals surface area contributed by atoms with Crippen molar-refractivity contribution in [1.82, 2.24) is 15.3 Å². The maximum Gasteiger partial charge on any atom is 0.255 e. The summed E-state index contributed by atoms with van der Waals surface area (Å²) in [5, 5.41) is 5.56. The van der Waals surface area contributed by atoms with Crippen LogP contribution < -0.4 is 16.4 Å². The van der Waals surface area contributed by atoms with Gasteiger partial charge in [0.15, 0.2) is 0 Å². The van der Waals surface area contributed by atoms with Crippen LogP contribution in [0.4, 0.5) is 5.69 Å². The van der Waals surface area contributed by atoms with Gasteiger partial charge in [-0.1, -0.05) is 12.1 Å². The van der Waals surface area contributed by atoms with Crippen LogP contribution in [0, 0.1) is 0 Å². The van der Waals surface area contributed by atoms with Crippen LogP contribution in [-0.4, -0.2) is 21.8 Å². The molecule has 0 aliphatic rings. The average Bonchev–Trinajstić information content (AvgIpc) is 2.73. The first-order valence-corrected chi connectivity index (χ1v) is 8.37. The minimum atomic E-state index is -0.816. The summed E-state index contributed by atoms with van der Waals surface area (Å²) >= 11 is 0. The van der Waals surface area contributed by atoms with Gasteiger partial charge in [0.05, 0.1) is 0 Å². The molecule has 0 aliphatic heterocycles. The number of pyridine rings is 2. The number of carbonyl (C=O) groups excluding carboxylic acids is 2. The van der Waals surface area contributed by atoms with Gasteiger partial charge in [-0.3, -0.25) is 19.6 Å². The first kappa shape index (κ1) is 18.2. The third-order valence-electron chi connectivity index (χ3n) is 3.97. The fraction of sp³-hybridized carbons (Fsp3) is 0.100. The Morgan fingerprint density at radius 3 is 2.11 bits per heavy atom. The van der Waals surface area contributed by atoms with Crippen LogP contribution in [0.2, 0.25) is 0 Å². The Balaban J connectivity index is 1.58. The second-order valence-electron chi connectivity index (χ2n) is 5.86. The molecule has 0 saturated carbocycles. The van der Waals surface area contributed by atoms with Gasteiger partial charge in [-0.15, -0.1) is 0 Å². The van der Waals surface area contributed by atoms with Crippen molar-refractivity contribution in [3.63, 3.8) is 0 Å². The summed E-state index contributed by atoms with van der Waals surface area (Å²) in [5.74, 6) is -0.538. The smallest absolute Gasteiger partial charge is 0.255 e. The summed E-state index contributed by atoms with van der Waals surface area (Å²) < 4.78 is 0. The van der Waals surface area contributed by atoms with Gasteiger partial charge in [0.25, 0.3) is 5.91 Å². The highest BCUT2D eigenvalue weighted by molar-refractivity contribution is 6.04. The lowest BCUT2D eigenvalue weighted by molar-refractivity contribution is -0.122. The van der Waals surface area contributed by atoms with Crippen molar-refractivity contribution in [2.24, 2.45) is 5.73 Å². The topological polar surface area (TPSA) is 110 Å². The maximum absolute atomic E-state index is 12.2. The third kappa shape index (κ3) is 4.96. The van der Waals surface area contributed by atoms with Crippen LogP contribution >= 0.6 is 0 Å². The SMILES string of the molecule is NC(C(=O)NCc1ccncc1)c1ccc(C(=O)Nc2ccncc2)cc1. The van der Waals surface area contributed by atoms with E-state index < -0.39 is 6.04 Å². The standard InChI is InChI=1S/C20H19N5O2/c21-18(20(27)24-13-14-5-9-22-10-6-14)15-1-3-16(4-2-15)19(26)25-17-7-11-23-12-8-17/h1-12,18H,13,21H2,(H,24,27)(H,23,25,26). The van der Waals surface area contributed by atoms with Crippen LogP contribution in [-0.2, 0) is 11.3 Å². The minimum Gasteiger partial charge on any atom is -0.350 e. The Labute approximate surface area is 156 Å². The Bertz CT molecular complexity index is 899. The number of nitrogens with one attached hydrogen (secondary N) is 2. The molecule has 0 aliphatic carbocycles. The first-order chi connectivity index (χ1) is 13.1. The van der Waals surface area contributed by atoms with E-state index in [1.807, 2.05) is 12.1 Å². The van der Waals surface area contributed by atoms with E-state index in [0.717, 1.165) is 5.56 Å². The molecule has 27 heavy (non-hydrogen) atoms. The molecule has 3 aromatic rings. The summed E-state index contributed by atoms with van der Waals surface area (Å²) in [6.45, 7) is 0.376. The lowest BCUT2D eigenvalue weighted by atomic mass is 10.0. The molecule has 2 heterocycles. The molecule has 2 aromatic heterocycles. The Morgan fingerprint density at radius 2 is 1.48 bits per heavy atom. The van der Waals surface area contributed by atoms with E-state index in [1.54, 1.807) is 61.2 Å². The number of nitrogens with two attached hydrogens (primary N) is 1. The number of aromatic nitrogens is 2. The van der Waals surface area contributed by atoms with E-state index in [-0.39, 0.29) is 11.8 Å². The summed E-state index contributed by atoms with van der Waals surface area (Å²) in [7, 11) is 0. The van der Waals surface area contributed by atoms with Crippen molar-refractivity contribution in [3.05, 3.63) is 90.0 Å². The number of anilines is 1. The molecule has 1 unspecified atom stereocenters. The average molecular weight is 361 g/mol. The number of hydrogen-bond donors (Lipinski definition) is 3. The Hall–Kier alpha value is -3.58. The number of carbonyl (C=O) groups is 2. The van der Waals surface area contributed by atoms with E-state index in [1.165, 1.54) is 0 Å². The van der Waals surface area contributed by atoms with Gasteiger partial charge >= 0.3 is 0 Å². The molecule has 4 N–H and O–H groups in total. The van der Waals surface area contributed by atoms with Crippen LogP contribution in [0.25, 0.3) is 0 Å². The number of nitrogens with zero attached hydrogens (tertiary/aromatic N) is 2. The van der Waals surface area contributed by atoms with Gasteiger partial charge < -0.3 is 16.4 Å². The minimum absolute atomic E-state index is 0.247. The maximum atomic E-state index is 12.2. The largest absolute Gasteiger partial charge is 0.350 e. The highest BCUT2D eigenvalue weighted by Gasteiger charge is 2.16. The fourth-order valence-corrected chi connectivity index (χ4v) is 2.43. The van der Waals surface area contributed by atoms with Crippen molar-refractivity contribution in [3.8, 4) is 0 Å². The second-order valence-corrected chi connectivity index (χ2v) is 5.86. The molecule has 2 amide bonds. The molecule has 1 atom stereocenters. The fourth-order valence-electron chi connectivity index (χ4n) is 2.43. The van der Waals surface area contributed by atoms with Gasteiger partial charge in [0.2, 0.25) is 5.91 Å². The highest BCUT2D eigenvalue weighted by atomic mass is 16.2. The molecular weight excluding hydrogens is 342 g/mol. The van der Waals surface area contributed by atoms with Crippen molar-refractivity contribution >= 4 is 17.5 Å². The van der Waals surface area contributed by atoms with Gasteiger partial charge in [-0.2, -0.15) is 0 Å². The van der Waals surface area contributed by atoms with Crippen molar-refractivity contribution < 1.29 is 9.59 Å². The molecule has 0 radical (unpaired) electrons. The number of hydrogen-bond acceptors (Lipinski definition) is 5. The van der Waals surface area contributed by atoms with E-state index in [4.69, 9.17) is 5.73 Å². The normalized spacial score (nSPS) is 11.4. The monoisotopic (exact) mass is 361 g/mol. The lowest BCUT2D eigenvalue weighted by Crippen LogP contribution is -2.33. The molecule has 3 rings (SSSR count). The molecule has 7 nitrogen and oxygen atoms in total. The van der Waals surface area contributed by atoms with Gasteiger partial charge in [-0.25, -0.2) is 0 Å². The summed E-state index contributed by atoms with van der Waals surface area (Å²) in [4.78, 5) is 32.3. The van der Waals surface area contributed by atoms with Crippen LogP contribution in [0.1, 0.15) is 27.5 Å². The predicted molar refractivity (Wildman–Crippen MR) is 102 cm³/mol. The van der Waals surface area contributed by atoms with Crippen LogP contribution in [0.3, 0.4) is 0 Å². The zero-order valence-corrected chi connectivity index (χ0v) is 14.5. The van der Waals surface area contributed by atoms with E-state index in [2.05, 4.69) is 20.6 Å². The summed E-state index contributed by atoms with van der Waals surface area (Å²) in [6, 6.07) is 12.9. The number of amides is 2. The Morgan fingerprint density at radius 1 is 0.889 bits per heavy atom. The van der Waals surface area contributed by atoms with E-state index in [0.29, 0.717) is 23.4 Å². The Kier molecular flexibility index (Phi) is 5.86. The first-order valence-electron chi connectivity index (χ1n) is 8.37. The quantitative estimate of drug-likeness (QED) is 0.622. The summed E-state index contributed by atoms with van der Waals surface area (Å²) in [6.07, 6.45) is 6.53. The van der Waals surface area contributed by atoms with E-state index >= 15 is 0 Å². The number of rotatable bonds is 6. The second kappa shape index (κ2) is 8.68. The van der Waals surface area contributed by atoms with E-state index in [9.17, 15) is 9.59 Å². The van der Waals surface area contributed by atoms with Crippen molar-refractivity contribution in [2.45, 2.75) is 12.6 Å². The van der Waals surface area contributed by atoms with Crippen LogP contribution in [0.5, 0.6) is 0 Å². The number of benzene rings is 1. The molecule has 1 aromatic carbocycles. The zero-order valence-electron chi connectivity index (χ0n) is 14.5. The van der Waals surface area contributed by atoms with Gasteiger partial charge in [-0.05, 0) is 47.5 Å².